The van der Waals surface area contributed by atoms with Crippen molar-refractivity contribution in [3.8, 4) is 17.0 Å². The Labute approximate surface area is 109 Å². The highest BCUT2D eigenvalue weighted by molar-refractivity contribution is 7.10. The van der Waals surface area contributed by atoms with Crippen LogP contribution in [0.15, 0.2) is 23.6 Å². The lowest BCUT2D eigenvalue weighted by molar-refractivity contribution is 0.288. The first-order chi connectivity index (χ1) is 8.36. The highest BCUT2D eigenvalue weighted by Crippen LogP contribution is 2.30. The molecule has 2 aromatic rings. The molecule has 0 saturated carbocycles. The van der Waals surface area contributed by atoms with Gasteiger partial charge in [-0.2, -0.15) is 0 Å². The highest BCUT2D eigenvalue weighted by Gasteiger charge is 2.12. The van der Waals surface area contributed by atoms with Gasteiger partial charge in [0, 0.05) is 10.9 Å². The van der Waals surface area contributed by atoms with Crippen molar-refractivity contribution in [1.82, 2.24) is 4.98 Å². The maximum atomic E-state index is 5.77. The van der Waals surface area contributed by atoms with E-state index in [1.807, 2.05) is 6.07 Å². The van der Waals surface area contributed by atoms with Crippen molar-refractivity contribution in [2.45, 2.75) is 18.7 Å². The molecule has 0 radical (unpaired) electrons. The van der Waals surface area contributed by atoms with E-state index in [2.05, 4.69) is 22.5 Å². The fourth-order valence-electron chi connectivity index (χ4n) is 2.02. The maximum absolute atomic E-state index is 5.77. The van der Waals surface area contributed by atoms with Gasteiger partial charge in [0.2, 0.25) is 0 Å². The molecule has 1 aromatic carbocycles. The molecule has 1 aliphatic rings. The van der Waals surface area contributed by atoms with Crippen molar-refractivity contribution in [2.75, 3.05) is 6.61 Å². The number of aromatic nitrogens is 1. The van der Waals surface area contributed by atoms with Crippen LogP contribution in [0.4, 0.5) is 0 Å². The average molecular weight is 266 g/mol. The molecule has 2 heterocycles. The van der Waals surface area contributed by atoms with Crippen molar-refractivity contribution in [3.05, 3.63) is 34.2 Å². The minimum absolute atomic E-state index is 0.485. The van der Waals surface area contributed by atoms with Crippen molar-refractivity contribution in [2.24, 2.45) is 0 Å². The van der Waals surface area contributed by atoms with Gasteiger partial charge < -0.3 is 4.74 Å². The van der Waals surface area contributed by atoms with Crippen LogP contribution >= 0.6 is 22.9 Å². The molecule has 0 atom stereocenters. The van der Waals surface area contributed by atoms with Crippen LogP contribution in [-0.2, 0) is 12.3 Å². The standard InChI is InChI=1S/C13H12ClNOS/c14-7-13-15-11(8-17-13)9-3-4-12-10(6-9)2-1-5-16-12/h3-4,6,8H,1-2,5,7H2. The van der Waals surface area contributed by atoms with E-state index in [9.17, 15) is 0 Å². The van der Waals surface area contributed by atoms with Crippen LogP contribution in [0, 0.1) is 0 Å². The summed E-state index contributed by atoms with van der Waals surface area (Å²) in [5.41, 5.74) is 3.45. The molecule has 0 spiro atoms. The lowest BCUT2D eigenvalue weighted by atomic mass is 10.0. The van der Waals surface area contributed by atoms with Gasteiger partial charge in [0.1, 0.15) is 10.8 Å². The third kappa shape index (κ3) is 2.17. The van der Waals surface area contributed by atoms with Crippen molar-refractivity contribution >= 4 is 22.9 Å². The quantitative estimate of drug-likeness (QED) is 0.769. The third-order valence-corrected chi connectivity index (χ3v) is 4.13. The number of fused-ring (bicyclic) bond motifs is 1. The van der Waals surface area contributed by atoms with Crippen molar-refractivity contribution in [1.29, 1.82) is 0 Å². The van der Waals surface area contributed by atoms with E-state index in [0.29, 0.717) is 5.88 Å². The summed E-state index contributed by atoms with van der Waals surface area (Å²) in [4.78, 5) is 4.49. The van der Waals surface area contributed by atoms with E-state index in [-0.39, 0.29) is 0 Å². The molecule has 2 nitrogen and oxygen atoms in total. The molecule has 0 N–H and O–H groups in total. The van der Waals surface area contributed by atoms with E-state index in [4.69, 9.17) is 16.3 Å². The first kappa shape index (κ1) is 11.1. The molecule has 17 heavy (non-hydrogen) atoms. The molecule has 88 valence electrons. The number of aryl methyl sites for hydroxylation is 1. The van der Waals surface area contributed by atoms with Gasteiger partial charge in [0.15, 0.2) is 0 Å². The molecule has 0 amide bonds. The molecule has 0 fully saturated rings. The molecular weight excluding hydrogens is 254 g/mol. The molecule has 0 saturated heterocycles. The normalized spacial score (nSPS) is 14.2. The van der Waals surface area contributed by atoms with Gasteiger partial charge >= 0.3 is 0 Å². The number of rotatable bonds is 2. The fraction of sp³-hybridized carbons (Fsp3) is 0.308. The van der Waals surface area contributed by atoms with E-state index in [0.717, 1.165) is 41.5 Å². The predicted octanol–water partition coefficient (Wildman–Crippen LogP) is 3.87. The van der Waals surface area contributed by atoms with Crippen LogP contribution < -0.4 is 4.74 Å². The van der Waals surface area contributed by atoms with Gasteiger partial charge in [-0.3, -0.25) is 0 Å². The van der Waals surface area contributed by atoms with Crippen molar-refractivity contribution < 1.29 is 4.74 Å². The number of benzene rings is 1. The van der Waals surface area contributed by atoms with Crippen LogP contribution in [-0.4, -0.2) is 11.6 Å². The molecule has 0 aliphatic carbocycles. The van der Waals surface area contributed by atoms with E-state index < -0.39 is 0 Å². The Kier molecular flexibility index (Phi) is 3.04. The maximum Gasteiger partial charge on any atom is 0.122 e. The Morgan fingerprint density at radius 1 is 1.41 bits per heavy atom. The Balaban J connectivity index is 1.97. The minimum atomic E-state index is 0.485. The Morgan fingerprint density at radius 3 is 3.18 bits per heavy atom. The van der Waals surface area contributed by atoms with Gasteiger partial charge in [-0.15, -0.1) is 22.9 Å². The van der Waals surface area contributed by atoms with Gasteiger partial charge in [-0.05, 0) is 36.6 Å². The molecule has 0 bridgehead atoms. The summed E-state index contributed by atoms with van der Waals surface area (Å²) in [5.74, 6) is 1.51. The lowest BCUT2D eigenvalue weighted by Gasteiger charge is -2.17. The van der Waals surface area contributed by atoms with E-state index in [1.165, 1.54) is 5.56 Å². The molecule has 1 aliphatic heterocycles. The van der Waals surface area contributed by atoms with Crippen LogP contribution in [0.1, 0.15) is 17.0 Å². The zero-order chi connectivity index (χ0) is 11.7. The summed E-state index contributed by atoms with van der Waals surface area (Å²) in [5, 5.41) is 3.03. The summed E-state index contributed by atoms with van der Waals surface area (Å²) in [7, 11) is 0. The Hall–Kier alpha value is -1.06. The average Bonchev–Trinajstić information content (AvgIpc) is 2.87. The predicted molar refractivity (Wildman–Crippen MR) is 70.9 cm³/mol. The van der Waals surface area contributed by atoms with Gasteiger partial charge in [0.25, 0.3) is 0 Å². The zero-order valence-corrected chi connectivity index (χ0v) is 10.9. The molecule has 1 aromatic heterocycles. The molecule has 4 heteroatoms. The first-order valence-corrected chi connectivity index (χ1v) is 7.05. The number of alkyl halides is 1. The van der Waals surface area contributed by atoms with Gasteiger partial charge in [0.05, 0.1) is 18.2 Å². The van der Waals surface area contributed by atoms with Crippen LogP contribution in [0.25, 0.3) is 11.3 Å². The smallest absolute Gasteiger partial charge is 0.122 e. The summed E-state index contributed by atoms with van der Waals surface area (Å²) in [6, 6.07) is 6.29. The largest absolute Gasteiger partial charge is 0.493 e. The van der Waals surface area contributed by atoms with Gasteiger partial charge in [-0.1, -0.05) is 0 Å². The molecular formula is C13H12ClNOS. The number of nitrogens with zero attached hydrogens (tertiary/aromatic N) is 1. The SMILES string of the molecule is ClCc1nc(-c2ccc3c(c2)CCCO3)cs1. The van der Waals surface area contributed by atoms with Crippen LogP contribution in [0.5, 0.6) is 5.75 Å². The second-order valence-corrected chi connectivity index (χ2v) is 5.24. The first-order valence-electron chi connectivity index (χ1n) is 5.63. The highest BCUT2D eigenvalue weighted by atomic mass is 35.5. The summed E-state index contributed by atoms with van der Waals surface area (Å²) >= 11 is 7.38. The lowest BCUT2D eigenvalue weighted by Crippen LogP contribution is -2.08. The number of halogens is 1. The van der Waals surface area contributed by atoms with Crippen LogP contribution in [0.2, 0.25) is 0 Å². The van der Waals surface area contributed by atoms with Crippen molar-refractivity contribution in [3.63, 3.8) is 0 Å². The topological polar surface area (TPSA) is 22.1 Å². The second-order valence-electron chi connectivity index (χ2n) is 4.03. The number of hydrogen-bond donors (Lipinski definition) is 0. The number of hydrogen-bond acceptors (Lipinski definition) is 3. The van der Waals surface area contributed by atoms with Gasteiger partial charge in [-0.25, -0.2) is 4.98 Å². The summed E-state index contributed by atoms with van der Waals surface area (Å²) in [6.07, 6.45) is 2.19. The molecule has 0 unspecified atom stereocenters. The Bertz CT molecular complexity index is 538. The van der Waals surface area contributed by atoms with Crippen LogP contribution in [0.3, 0.4) is 0 Å². The zero-order valence-electron chi connectivity index (χ0n) is 9.28. The monoisotopic (exact) mass is 265 g/mol. The van der Waals surface area contributed by atoms with E-state index >= 15 is 0 Å². The van der Waals surface area contributed by atoms with E-state index in [1.54, 1.807) is 11.3 Å². The molecule has 3 rings (SSSR count). The Morgan fingerprint density at radius 2 is 2.35 bits per heavy atom. The minimum Gasteiger partial charge on any atom is -0.493 e. The fourth-order valence-corrected chi connectivity index (χ4v) is 2.92. The second kappa shape index (κ2) is 4.67. The summed E-state index contributed by atoms with van der Waals surface area (Å²) < 4.78 is 5.60. The summed E-state index contributed by atoms with van der Waals surface area (Å²) in [6.45, 7) is 0.833. The third-order valence-electron chi connectivity index (χ3n) is 2.87. The number of ether oxygens (including phenoxy) is 1. The number of thiazole rings is 1.